The van der Waals surface area contributed by atoms with Crippen LogP contribution in [0.5, 0.6) is 23.0 Å². The number of likely N-dealkylation sites (tertiary alicyclic amines) is 1. The second kappa shape index (κ2) is 11.3. The van der Waals surface area contributed by atoms with Crippen LogP contribution in [0.15, 0.2) is 72.8 Å². The molecule has 1 N–H and O–H groups in total. The molecular formula is C29H32N2O4. The number of ether oxygens (including phenoxy) is 3. The first-order chi connectivity index (χ1) is 17.2. The van der Waals surface area contributed by atoms with Crippen LogP contribution in [0, 0.1) is 0 Å². The van der Waals surface area contributed by atoms with Crippen molar-refractivity contribution in [2.24, 2.45) is 0 Å². The fourth-order valence-corrected chi connectivity index (χ4v) is 4.70. The Bertz CT molecular complexity index is 1110. The van der Waals surface area contributed by atoms with Gasteiger partial charge in [0.1, 0.15) is 24.7 Å². The lowest BCUT2D eigenvalue weighted by molar-refractivity contribution is -0.121. The van der Waals surface area contributed by atoms with Crippen LogP contribution < -0.4 is 19.5 Å². The molecule has 3 aromatic carbocycles. The van der Waals surface area contributed by atoms with Gasteiger partial charge in [-0.05, 0) is 79.9 Å². The van der Waals surface area contributed by atoms with E-state index in [-0.39, 0.29) is 11.9 Å². The number of fused-ring (bicyclic) bond motifs is 1. The highest BCUT2D eigenvalue weighted by Crippen LogP contribution is 2.31. The summed E-state index contributed by atoms with van der Waals surface area (Å²) in [6, 6.07) is 23.5. The van der Waals surface area contributed by atoms with Gasteiger partial charge in [-0.3, -0.25) is 4.79 Å². The third-order valence-corrected chi connectivity index (χ3v) is 6.40. The second-order valence-corrected chi connectivity index (χ2v) is 9.19. The van der Waals surface area contributed by atoms with Gasteiger partial charge in [0.2, 0.25) is 5.91 Å². The van der Waals surface area contributed by atoms with Crippen molar-refractivity contribution in [2.75, 3.05) is 32.8 Å². The summed E-state index contributed by atoms with van der Waals surface area (Å²) in [6.07, 6.45) is 3.54. The lowest BCUT2D eigenvalue weighted by atomic mass is 10.0. The Labute approximate surface area is 206 Å². The van der Waals surface area contributed by atoms with Gasteiger partial charge in [-0.2, -0.15) is 0 Å². The Morgan fingerprint density at radius 1 is 0.857 bits per heavy atom. The van der Waals surface area contributed by atoms with E-state index in [1.807, 2.05) is 66.7 Å². The van der Waals surface area contributed by atoms with E-state index in [0.29, 0.717) is 19.6 Å². The van der Waals surface area contributed by atoms with E-state index in [0.717, 1.165) is 60.2 Å². The van der Waals surface area contributed by atoms with E-state index < -0.39 is 0 Å². The minimum Gasteiger partial charge on any atom is -0.486 e. The minimum atomic E-state index is 0.0310. The van der Waals surface area contributed by atoms with Crippen LogP contribution in [0.1, 0.15) is 24.0 Å². The molecule has 6 heteroatoms. The van der Waals surface area contributed by atoms with Crippen molar-refractivity contribution in [3.63, 3.8) is 0 Å². The Morgan fingerprint density at radius 3 is 2.31 bits per heavy atom. The number of nitrogens with zero attached hydrogens (tertiary/aromatic N) is 1. The largest absolute Gasteiger partial charge is 0.486 e. The van der Waals surface area contributed by atoms with Gasteiger partial charge < -0.3 is 24.4 Å². The molecule has 0 bridgehead atoms. The molecule has 2 heterocycles. The number of nitrogens with one attached hydrogen (secondary N) is 1. The van der Waals surface area contributed by atoms with Crippen molar-refractivity contribution in [3.05, 3.63) is 83.9 Å². The average Bonchev–Trinajstić information content (AvgIpc) is 3.39. The van der Waals surface area contributed by atoms with Crippen LogP contribution in [0.4, 0.5) is 0 Å². The van der Waals surface area contributed by atoms with E-state index in [9.17, 15) is 4.79 Å². The summed E-state index contributed by atoms with van der Waals surface area (Å²) in [5.74, 6) is 3.16. The van der Waals surface area contributed by atoms with Gasteiger partial charge in [0, 0.05) is 12.6 Å². The van der Waals surface area contributed by atoms with E-state index in [1.54, 1.807) is 0 Å². The summed E-state index contributed by atoms with van der Waals surface area (Å²) >= 11 is 0. The van der Waals surface area contributed by atoms with Gasteiger partial charge in [0.05, 0.1) is 6.42 Å². The lowest BCUT2D eigenvalue weighted by Crippen LogP contribution is -2.45. The van der Waals surface area contributed by atoms with Crippen LogP contribution in [0.25, 0.3) is 0 Å². The summed E-state index contributed by atoms with van der Waals surface area (Å²) in [5.41, 5.74) is 2.10. The normalized spacial score (nSPS) is 16.0. The summed E-state index contributed by atoms with van der Waals surface area (Å²) in [6.45, 7) is 4.19. The predicted octanol–water partition coefficient (Wildman–Crippen LogP) is 4.62. The van der Waals surface area contributed by atoms with E-state index in [4.69, 9.17) is 14.2 Å². The summed E-state index contributed by atoms with van der Waals surface area (Å²) in [7, 11) is 0. The van der Waals surface area contributed by atoms with Gasteiger partial charge in [-0.1, -0.05) is 36.4 Å². The number of para-hydroxylation sites is 1. The molecule has 35 heavy (non-hydrogen) atoms. The van der Waals surface area contributed by atoms with Crippen molar-refractivity contribution in [3.8, 4) is 23.0 Å². The zero-order chi connectivity index (χ0) is 23.9. The molecule has 2 aliphatic heterocycles. The molecule has 0 saturated carbocycles. The highest BCUT2D eigenvalue weighted by atomic mass is 16.6. The number of carbonyl (C=O) groups excluding carboxylic acids is 1. The molecule has 1 amide bonds. The minimum absolute atomic E-state index is 0.0310. The second-order valence-electron chi connectivity index (χ2n) is 9.19. The SMILES string of the molecule is O=C(Cc1ccc(Oc2ccccc2)cc1)NC(Cc1ccc2c(c1)OCCO2)CN1CCCC1. The molecule has 1 unspecified atom stereocenters. The molecule has 3 aromatic rings. The zero-order valence-corrected chi connectivity index (χ0v) is 19.9. The Hall–Kier alpha value is -3.51. The topological polar surface area (TPSA) is 60.0 Å². The summed E-state index contributed by atoms with van der Waals surface area (Å²) in [4.78, 5) is 15.4. The smallest absolute Gasteiger partial charge is 0.224 e. The molecule has 0 aliphatic carbocycles. The van der Waals surface area contributed by atoms with Crippen LogP contribution in [-0.4, -0.2) is 49.7 Å². The molecule has 182 valence electrons. The van der Waals surface area contributed by atoms with Gasteiger partial charge >= 0.3 is 0 Å². The fraction of sp³-hybridized carbons (Fsp3) is 0.345. The third kappa shape index (κ3) is 6.55. The van der Waals surface area contributed by atoms with Crippen LogP contribution in [-0.2, 0) is 17.6 Å². The Kier molecular flexibility index (Phi) is 7.49. The lowest BCUT2D eigenvalue weighted by Gasteiger charge is -2.25. The highest BCUT2D eigenvalue weighted by Gasteiger charge is 2.21. The zero-order valence-electron chi connectivity index (χ0n) is 19.9. The van der Waals surface area contributed by atoms with Crippen molar-refractivity contribution in [1.82, 2.24) is 10.2 Å². The Balaban J connectivity index is 1.20. The van der Waals surface area contributed by atoms with Crippen molar-refractivity contribution < 1.29 is 19.0 Å². The maximum atomic E-state index is 13.0. The number of amides is 1. The van der Waals surface area contributed by atoms with E-state index >= 15 is 0 Å². The molecule has 1 saturated heterocycles. The van der Waals surface area contributed by atoms with Gasteiger partial charge in [0.15, 0.2) is 11.5 Å². The predicted molar refractivity (Wildman–Crippen MR) is 135 cm³/mol. The maximum Gasteiger partial charge on any atom is 0.224 e. The number of hydrogen-bond acceptors (Lipinski definition) is 5. The van der Waals surface area contributed by atoms with Crippen LogP contribution in [0.3, 0.4) is 0 Å². The number of carbonyl (C=O) groups is 1. The van der Waals surface area contributed by atoms with E-state index in [2.05, 4.69) is 16.3 Å². The molecule has 2 aliphatic rings. The van der Waals surface area contributed by atoms with Gasteiger partial charge in [-0.15, -0.1) is 0 Å². The first-order valence-corrected chi connectivity index (χ1v) is 12.4. The van der Waals surface area contributed by atoms with Gasteiger partial charge in [0.25, 0.3) is 0 Å². The molecular weight excluding hydrogens is 440 g/mol. The molecule has 5 rings (SSSR count). The van der Waals surface area contributed by atoms with Crippen LogP contribution in [0.2, 0.25) is 0 Å². The third-order valence-electron chi connectivity index (χ3n) is 6.40. The fourth-order valence-electron chi connectivity index (χ4n) is 4.70. The van der Waals surface area contributed by atoms with Crippen molar-refractivity contribution in [1.29, 1.82) is 0 Å². The standard InChI is InChI=1S/C29H32N2O4/c32-29(20-22-8-11-26(12-9-22)35-25-6-2-1-3-7-25)30-24(21-31-14-4-5-15-31)18-23-10-13-27-28(19-23)34-17-16-33-27/h1-3,6-13,19,24H,4-5,14-18,20-21H2,(H,30,32). The van der Waals surface area contributed by atoms with Crippen LogP contribution >= 0.6 is 0 Å². The van der Waals surface area contributed by atoms with Gasteiger partial charge in [-0.25, -0.2) is 0 Å². The van der Waals surface area contributed by atoms with Crippen molar-refractivity contribution in [2.45, 2.75) is 31.7 Å². The number of rotatable bonds is 9. The summed E-state index contributed by atoms with van der Waals surface area (Å²) in [5, 5.41) is 3.29. The number of hydrogen-bond donors (Lipinski definition) is 1. The Morgan fingerprint density at radius 2 is 1.54 bits per heavy atom. The first kappa shape index (κ1) is 23.2. The quantitative estimate of drug-likeness (QED) is 0.493. The maximum absolute atomic E-state index is 13.0. The van der Waals surface area contributed by atoms with Crippen molar-refractivity contribution >= 4 is 5.91 Å². The first-order valence-electron chi connectivity index (χ1n) is 12.4. The molecule has 6 nitrogen and oxygen atoms in total. The molecule has 1 atom stereocenters. The monoisotopic (exact) mass is 472 g/mol. The molecule has 1 fully saturated rings. The molecule has 0 aromatic heterocycles. The average molecular weight is 473 g/mol. The molecule has 0 radical (unpaired) electrons. The highest BCUT2D eigenvalue weighted by molar-refractivity contribution is 5.79. The number of benzene rings is 3. The molecule has 0 spiro atoms. The summed E-state index contributed by atoms with van der Waals surface area (Å²) < 4.78 is 17.3. The van der Waals surface area contributed by atoms with E-state index in [1.165, 1.54) is 12.8 Å².